The van der Waals surface area contributed by atoms with Gasteiger partial charge in [-0.15, -0.1) is 0 Å². The maximum atomic E-state index is 3.72. The number of nitrogens with zero attached hydrogens (tertiary/aromatic N) is 1. The van der Waals surface area contributed by atoms with Crippen molar-refractivity contribution in [3.05, 3.63) is 0 Å². The average Bonchev–Trinajstić information content (AvgIpc) is 2.19. The van der Waals surface area contributed by atoms with Crippen LogP contribution >= 0.6 is 0 Å². The van der Waals surface area contributed by atoms with E-state index in [9.17, 15) is 0 Å². The summed E-state index contributed by atoms with van der Waals surface area (Å²) in [6.45, 7) is 13.9. The monoisotopic (exact) mass is 198 g/mol. The molecule has 0 saturated carbocycles. The van der Waals surface area contributed by atoms with Crippen molar-refractivity contribution in [3.8, 4) is 0 Å². The van der Waals surface area contributed by atoms with Crippen molar-refractivity contribution in [2.45, 2.75) is 65.1 Å². The largest absolute Gasteiger partial charge is 0.308 e. The third-order valence-corrected chi connectivity index (χ3v) is 3.84. The molecule has 84 valence electrons. The van der Waals surface area contributed by atoms with Gasteiger partial charge in [0.1, 0.15) is 0 Å². The molecule has 1 aliphatic rings. The molecule has 2 nitrogen and oxygen atoms in total. The summed E-state index contributed by atoms with van der Waals surface area (Å²) < 4.78 is 0. The van der Waals surface area contributed by atoms with Gasteiger partial charge in [-0.05, 0) is 33.6 Å². The van der Waals surface area contributed by atoms with E-state index in [2.05, 4.69) is 44.8 Å². The number of hydrogen-bond acceptors (Lipinski definition) is 2. The van der Waals surface area contributed by atoms with Gasteiger partial charge in [-0.25, -0.2) is 0 Å². The summed E-state index contributed by atoms with van der Waals surface area (Å²) in [5.41, 5.74) is 0.372. The molecular weight excluding hydrogens is 172 g/mol. The van der Waals surface area contributed by atoms with Gasteiger partial charge in [0.05, 0.1) is 0 Å². The van der Waals surface area contributed by atoms with E-state index in [-0.39, 0.29) is 0 Å². The molecule has 1 unspecified atom stereocenters. The number of rotatable bonds is 3. The van der Waals surface area contributed by atoms with Crippen molar-refractivity contribution in [2.24, 2.45) is 0 Å². The van der Waals surface area contributed by atoms with Crippen LogP contribution < -0.4 is 5.32 Å². The summed E-state index contributed by atoms with van der Waals surface area (Å²) in [6.07, 6.45) is 2.47. The minimum atomic E-state index is 0.372. The molecule has 0 aromatic heterocycles. The van der Waals surface area contributed by atoms with Crippen molar-refractivity contribution >= 4 is 0 Å². The second-order valence-corrected chi connectivity index (χ2v) is 4.98. The molecular formula is C12H26N2. The lowest BCUT2D eigenvalue weighted by Crippen LogP contribution is -2.64. The third-order valence-electron chi connectivity index (χ3n) is 3.84. The van der Waals surface area contributed by atoms with Crippen molar-refractivity contribution in [3.63, 3.8) is 0 Å². The Balaban J connectivity index is 2.69. The number of hydrogen-bond donors (Lipinski definition) is 1. The summed E-state index contributed by atoms with van der Waals surface area (Å²) in [5, 5.41) is 3.72. The number of nitrogens with one attached hydrogen (secondary N) is 1. The van der Waals surface area contributed by atoms with Gasteiger partial charge in [0, 0.05) is 30.7 Å². The Morgan fingerprint density at radius 3 is 2.36 bits per heavy atom. The van der Waals surface area contributed by atoms with Crippen LogP contribution in [0.5, 0.6) is 0 Å². The molecule has 2 heteroatoms. The van der Waals surface area contributed by atoms with Crippen molar-refractivity contribution in [1.29, 1.82) is 0 Å². The molecule has 1 heterocycles. The highest BCUT2D eigenvalue weighted by atomic mass is 15.3. The predicted octanol–water partition coefficient (Wildman–Crippen LogP) is 2.25. The quantitative estimate of drug-likeness (QED) is 0.748. The van der Waals surface area contributed by atoms with E-state index in [1.54, 1.807) is 0 Å². The van der Waals surface area contributed by atoms with E-state index < -0.39 is 0 Å². The van der Waals surface area contributed by atoms with Crippen LogP contribution in [0.2, 0.25) is 0 Å². The van der Waals surface area contributed by atoms with Gasteiger partial charge in [0.2, 0.25) is 0 Å². The Hall–Kier alpha value is -0.0800. The van der Waals surface area contributed by atoms with Crippen LogP contribution in [0, 0.1) is 0 Å². The van der Waals surface area contributed by atoms with Gasteiger partial charge in [-0.1, -0.05) is 13.8 Å². The van der Waals surface area contributed by atoms with Crippen LogP contribution in [0.3, 0.4) is 0 Å². The van der Waals surface area contributed by atoms with E-state index in [0.717, 1.165) is 6.54 Å². The molecule has 0 aromatic rings. The predicted molar refractivity (Wildman–Crippen MR) is 62.6 cm³/mol. The summed E-state index contributed by atoms with van der Waals surface area (Å²) >= 11 is 0. The van der Waals surface area contributed by atoms with Gasteiger partial charge in [0.25, 0.3) is 0 Å². The summed E-state index contributed by atoms with van der Waals surface area (Å²) in [7, 11) is 0. The van der Waals surface area contributed by atoms with Gasteiger partial charge < -0.3 is 5.32 Å². The van der Waals surface area contributed by atoms with E-state index in [1.807, 2.05) is 0 Å². The van der Waals surface area contributed by atoms with Gasteiger partial charge in [-0.2, -0.15) is 0 Å². The van der Waals surface area contributed by atoms with Crippen LogP contribution in [0.15, 0.2) is 0 Å². The van der Waals surface area contributed by atoms with E-state index in [0.29, 0.717) is 17.6 Å². The molecule has 0 spiro atoms. The summed E-state index contributed by atoms with van der Waals surface area (Å²) in [6, 6.07) is 1.35. The normalized spacial score (nSPS) is 28.3. The minimum Gasteiger partial charge on any atom is -0.308 e. The molecule has 1 fully saturated rings. The van der Waals surface area contributed by atoms with Crippen LogP contribution in [-0.2, 0) is 0 Å². The fraction of sp³-hybridized carbons (Fsp3) is 1.00. The molecule has 14 heavy (non-hydrogen) atoms. The van der Waals surface area contributed by atoms with Crippen molar-refractivity contribution in [2.75, 3.05) is 13.1 Å². The maximum absolute atomic E-state index is 3.72. The molecule has 1 saturated heterocycles. The molecule has 0 aromatic carbocycles. The van der Waals surface area contributed by atoms with Gasteiger partial charge in [-0.3, -0.25) is 4.90 Å². The minimum absolute atomic E-state index is 0.372. The third kappa shape index (κ3) is 2.29. The summed E-state index contributed by atoms with van der Waals surface area (Å²) in [5.74, 6) is 0. The maximum Gasteiger partial charge on any atom is 0.0304 e. The smallest absolute Gasteiger partial charge is 0.0304 e. The topological polar surface area (TPSA) is 15.3 Å². The van der Waals surface area contributed by atoms with Crippen LogP contribution in [-0.4, -0.2) is 35.6 Å². The molecule has 1 aliphatic heterocycles. The van der Waals surface area contributed by atoms with E-state index >= 15 is 0 Å². The Morgan fingerprint density at radius 1 is 1.36 bits per heavy atom. The lowest BCUT2D eigenvalue weighted by molar-refractivity contribution is 0.0561. The average molecular weight is 198 g/mol. The standard InChI is InChI=1S/C12H26N2/c1-6-12(7-2)9-14(10(3)4)11(5)8-13-12/h10-11,13H,6-9H2,1-5H3. The first-order valence-electron chi connectivity index (χ1n) is 6.05. The van der Waals surface area contributed by atoms with Crippen LogP contribution in [0.4, 0.5) is 0 Å². The Labute approximate surface area is 89.1 Å². The fourth-order valence-corrected chi connectivity index (χ4v) is 2.46. The molecule has 1 rings (SSSR count). The van der Waals surface area contributed by atoms with Gasteiger partial charge >= 0.3 is 0 Å². The van der Waals surface area contributed by atoms with Crippen molar-refractivity contribution in [1.82, 2.24) is 10.2 Å². The van der Waals surface area contributed by atoms with E-state index in [1.165, 1.54) is 19.4 Å². The fourth-order valence-electron chi connectivity index (χ4n) is 2.46. The number of piperazine rings is 1. The Kier molecular flexibility index (Phi) is 3.96. The molecule has 1 atom stereocenters. The lowest BCUT2D eigenvalue weighted by atomic mass is 9.88. The second-order valence-electron chi connectivity index (χ2n) is 4.98. The zero-order chi connectivity index (χ0) is 10.8. The first-order valence-corrected chi connectivity index (χ1v) is 6.05. The Bertz CT molecular complexity index is 173. The van der Waals surface area contributed by atoms with Gasteiger partial charge in [0.15, 0.2) is 0 Å². The van der Waals surface area contributed by atoms with Crippen molar-refractivity contribution < 1.29 is 0 Å². The zero-order valence-electron chi connectivity index (χ0n) is 10.4. The SMILES string of the molecule is CCC1(CC)CN(C(C)C)C(C)CN1. The zero-order valence-corrected chi connectivity index (χ0v) is 10.4. The van der Waals surface area contributed by atoms with Crippen LogP contribution in [0.25, 0.3) is 0 Å². The second kappa shape index (κ2) is 4.63. The molecule has 1 N–H and O–H groups in total. The molecule has 0 amide bonds. The highest BCUT2D eigenvalue weighted by Crippen LogP contribution is 2.23. The highest BCUT2D eigenvalue weighted by Gasteiger charge is 2.35. The molecule has 0 aliphatic carbocycles. The first-order chi connectivity index (χ1) is 6.54. The first kappa shape index (κ1) is 12.0. The summed E-state index contributed by atoms with van der Waals surface area (Å²) in [4.78, 5) is 2.63. The van der Waals surface area contributed by atoms with E-state index in [4.69, 9.17) is 0 Å². The Morgan fingerprint density at radius 2 is 1.93 bits per heavy atom. The molecule has 0 radical (unpaired) electrons. The highest BCUT2D eigenvalue weighted by molar-refractivity contribution is 4.96. The molecule has 0 bridgehead atoms. The van der Waals surface area contributed by atoms with Crippen LogP contribution in [0.1, 0.15) is 47.5 Å². The lowest BCUT2D eigenvalue weighted by Gasteiger charge is -2.48.